The van der Waals surface area contributed by atoms with Gasteiger partial charge in [-0.25, -0.2) is 0 Å². The average molecular weight is 376 g/mol. The summed E-state index contributed by atoms with van der Waals surface area (Å²) < 4.78 is 39.1. The van der Waals surface area contributed by atoms with Crippen LogP contribution in [0.3, 0.4) is 0 Å². The van der Waals surface area contributed by atoms with Gasteiger partial charge in [0.15, 0.2) is 0 Å². The van der Waals surface area contributed by atoms with E-state index in [2.05, 4.69) is 5.32 Å². The number of carbonyl (C=O) groups is 2. The van der Waals surface area contributed by atoms with Gasteiger partial charge in [0, 0.05) is 32.0 Å². The minimum absolute atomic E-state index is 0.0196. The summed E-state index contributed by atoms with van der Waals surface area (Å²) in [6.45, 7) is 1.11. The Balaban J connectivity index is 1.58. The summed E-state index contributed by atoms with van der Waals surface area (Å²) in [5.41, 5.74) is -0.360. The Kier molecular flexibility index (Phi) is 5.48. The molecule has 3 rings (SSSR count). The summed E-state index contributed by atoms with van der Waals surface area (Å²) in [5.74, 6) is -0.922. The van der Waals surface area contributed by atoms with Crippen LogP contribution < -0.4 is 5.32 Å². The molecule has 2 aromatic carbocycles. The lowest BCUT2D eigenvalue weighted by Crippen LogP contribution is -2.32. The first-order valence-corrected chi connectivity index (χ1v) is 8.60. The number of hydrogen-bond acceptors (Lipinski definition) is 2. The SMILES string of the molecule is O=C(NCC1CC(=O)N(Cc2ccccc2)C1)c1ccccc1C(F)(F)F. The Hall–Kier alpha value is -2.83. The molecule has 7 heteroatoms. The standard InChI is InChI=1S/C20H19F3N2O2/c21-20(22,23)17-9-5-4-8-16(17)19(27)24-11-15-10-18(26)25(13-15)12-14-6-2-1-3-7-14/h1-9,15H,10-13H2,(H,24,27). The normalized spacial score (nSPS) is 17.2. The first-order chi connectivity index (χ1) is 12.8. The van der Waals surface area contributed by atoms with Crippen molar-refractivity contribution in [2.24, 2.45) is 5.92 Å². The van der Waals surface area contributed by atoms with Crippen molar-refractivity contribution >= 4 is 11.8 Å². The second-order valence-corrected chi connectivity index (χ2v) is 6.58. The highest BCUT2D eigenvalue weighted by Crippen LogP contribution is 2.31. The number of amides is 2. The van der Waals surface area contributed by atoms with Gasteiger partial charge < -0.3 is 10.2 Å². The van der Waals surface area contributed by atoms with Crippen LogP contribution in [0.1, 0.15) is 27.9 Å². The third kappa shape index (κ3) is 4.67. The van der Waals surface area contributed by atoms with Gasteiger partial charge in [-0.2, -0.15) is 13.2 Å². The van der Waals surface area contributed by atoms with Gasteiger partial charge in [0.1, 0.15) is 0 Å². The summed E-state index contributed by atoms with van der Waals surface area (Å²) in [4.78, 5) is 26.1. The minimum atomic E-state index is -4.59. The summed E-state index contributed by atoms with van der Waals surface area (Å²) in [6.07, 6.45) is -4.32. The van der Waals surface area contributed by atoms with Crippen molar-refractivity contribution in [2.75, 3.05) is 13.1 Å². The molecule has 1 saturated heterocycles. The largest absolute Gasteiger partial charge is 0.417 e. The smallest absolute Gasteiger partial charge is 0.352 e. The molecular formula is C20H19F3N2O2. The zero-order valence-electron chi connectivity index (χ0n) is 14.5. The summed E-state index contributed by atoms with van der Waals surface area (Å²) >= 11 is 0. The van der Waals surface area contributed by atoms with E-state index >= 15 is 0 Å². The lowest BCUT2D eigenvalue weighted by molar-refractivity contribution is -0.138. The molecule has 0 radical (unpaired) electrons. The molecule has 0 spiro atoms. The van der Waals surface area contributed by atoms with Crippen LogP contribution in [-0.2, 0) is 17.5 Å². The number of rotatable bonds is 5. The maximum Gasteiger partial charge on any atom is 0.417 e. The van der Waals surface area contributed by atoms with Gasteiger partial charge in [-0.15, -0.1) is 0 Å². The van der Waals surface area contributed by atoms with Crippen LogP contribution in [0.4, 0.5) is 13.2 Å². The zero-order valence-corrected chi connectivity index (χ0v) is 14.5. The number of nitrogens with zero attached hydrogens (tertiary/aromatic N) is 1. The lowest BCUT2D eigenvalue weighted by Gasteiger charge is -2.17. The molecule has 0 aliphatic carbocycles. The van der Waals surface area contributed by atoms with Crippen LogP contribution in [0.15, 0.2) is 54.6 Å². The van der Waals surface area contributed by atoms with Gasteiger partial charge in [-0.3, -0.25) is 9.59 Å². The molecule has 1 unspecified atom stereocenters. The van der Waals surface area contributed by atoms with Crippen molar-refractivity contribution in [3.63, 3.8) is 0 Å². The van der Waals surface area contributed by atoms with Crippen LogP contribution in [0, 0.1) is 5.92 Å². The molecule has 1 atom stereocenters. The van der Waals surface area contributed by atoms with Crippen molar-refractivity contribution in [1.82, 2.24) is 10.2 Å². The van der Waals surface area contributed by atoms with Gasteiger partial charge in [-0.05, 0) is 17.7 Å². The maximum atomic E-state index is 13.0. The molecule has 0 aromatic heterocycles. The van der Waals surface area contributed by atoms with Crippen LogP contribution in [0.2, 0.25) is 0 Å². The molecular weight excluding hydrogens is 357 g/mol. The van der Waals surface area contributed by atoms with E-state index in [-0.39, 0.29) is 24.8 Å². The lowest BCUT2D eigenvalue weighted by atomic mass is 10.1. The third-order valence-electron chi connectivity index (χ3n) is 4.54. The summed E-state index contributed by atoms with van der Waals surface area (Å²) in [7, 11) is 0. The second kappa shape index (κ2) is 7.82. The summed E-state index contributed by atoms with van der Waals surface area (Å²) in [6, 6.07) is 14.2. The Morgan fingerprint density at radius 3 is 2.44 bits per heavy atom. The van der Waals surface area contributed by atoms with Crippen LogP contribution in [0.5, 0.6) is 0 Å². The topological polar surface area (TPSA) is 49.4 Å². The zero-order chi connectivity index (χ0) is 19.4. The van der Waals surface area contributed by atoms with Gasteiger partial charge in [-0.1, -0.05) is 42.5 Å². The molecule has 27 heavy (non-hydrogen) atoms. The van der Waals surface area contributed by atoms with E-state index in [1.54, 1.807) is 4.90 Å². The van der Waals surface area contributed by atoms with Crippen molar-refractivity contribution in [1.29, 1.82) is 0 Å². The van der Waals surface area contributed by atoms with E-state index in [0.29, 0.717) is 13.1 Å². The molecule has 1 aliphatic heterocycles. The molecule has 0 bridgehead atoms. The molecule has 1 heterocycles. The number of likely N-dealkylation sites (tertiary alicyclic amines) is 1. The first-order valence-electron chi connectivity index (χ1n) is 8.60. The molecule has 0 saturated carbocycles. The van der Waals surface area contributed by atoms with Gasteiger partial charge in [0.25, 0.3) is 5.91 Å². The van der Waals surface area contributed by atoms with Gasteiger partial charge >= 0.3 is 6.18 Å². The summed E-state index contributed by atoms with van der Waals surface area (Å²) in [5, 5.41) is 2.54. The van der Waals surface area contributed by atoms with Crippen molar-refractivity contribution < 1.29 is 22.8 Å². The number of halogens is 3. The van der Waals surface area contributed by atoms with E-state index in [1.807, 2.05) is 30.3 Å². The average Bonchev–Trinajstić information content (AvgIpc) is 2.99. The highest BCUT2D eigenvalue weighted by molar-refractivity contribution is 5.95. The first kappa shape index (κ1) is 18.9. The second-order valence-electron chi connectivity index (χ2n) is 6.58. The maximum absolute atomic E-state index is 13.0. The van der Waals surface area contributed by atoms with Crippen LogP contribution in [0.25, 0.3) is 0 Å². The highest BCUT2D eigenvalue weighted by Gasteiger charge is 2.35. The van der Waals surface area contributed by atoms with Crippen molar-refractivity contribution in [3.05, 3.63) is 71.3 Å². The quantitative estimate of drug-likeness (QED) is 0.869. The Labute approximate surface area is 155 Å². The fourth-order valence-corrected chi connectivity index (χ4v) is 3.21. The highest BCUT2D eigenvalue weighted by atomic mass is 19.4. The number of benzene rings is 2. The van der Waals surface area contributed by atoms with Gasteiger partial charge in [0.05, 0.1) is 11.1 Å². The molecule has 1 fully saturated rings. The number of hydrogen-bond donors (Lipinski definition) is 1. The molecule has 2 amide bonds. The fraction of sp³-hybridized carbons (Fsp3) is 0.300. The Morgan fingerprint density at radius 2 is 1.74 bits per heavy atom. The number of alkyl halides is 3. The number of carbonyl (C=O) groups excluding carboxylic acids is 2. The van der Waals surface area contributed by atoms with Crippen molar-refractivity contribution in [3.8, 4) is 0 Å². The van der Waals surface area contributed by atoms with E-state index in [9.17, 15) is 22.8 Å². The monoisotopic (exact) mass is 376 g/mol. The van der Waals surface area contributed by atoms with E-state index in [0.717, 1.165) is 17.7 Å². The van der Waals surface area contributed by atoms with Crippen LogP contribution >= 0.6 is 0 Å². The Bertz CT molecular complexity index is 821. The molecule has 142 valence electrons. The molecule has 4 nitrogen and oxygen atoms in total. The predicted octanol–water partition coefficient (Wildman–Crippen LogP) is 3.48. The molecule has 2 aromatic rings. The van der Waals surface area contributed by atoms with Crippen molar-refractivity contribution in [2.45, 2.75) is 19.1 Å². The third-order valence-corrected chi connectivity index (χ3v) is 4.54. The minimum Gasteiger partial charge on any atom is -0.352 e. The molecule has 1 aliphatic rings. The van der Waals surface area contributed by atoms with E-state index in [1.165, 1.54) is 12.1 Å². The van der Waals surface area contributed by atoms with E-state index < -0.39 is 23.2 Å². The Morgan fingerprint density at radius 1 is 1.07 bits per heavy atom. The van der Waals surface area contributed by atoms with Crippen LogP contribution in [-0.4, -0.2) is 29.8 Å². The fourth-order valence-electron chi connectivity index (χ4n) is 3.21. The number of nitrogens with one attached hydrogen (secondary N) is 1. The molecule has 1 N–H and O–H groups in total. The van der Waals surface area contributed by atoms with Gasteiger partial charge in [0.2, 0.25) is 5.91 Å². The van der Waals surface area contributed by atoms with E-state index in [4.69, 9.17) is 0 Å². The predicted molar refractivity (Wildman–Crippen MR) is 93.7 cm³/mol.